The van der Waals surface area contributed by atoms with Crippen LogP contribution in [0.2, 0.25) is 0 Å². The predicted octanol–water partition coefficient (Wildman–Crippen LogP) is 2.43. The summed E-state index contributed by atoms with van der Waals surface area (Å²) in [6.07, 6.45) is 0.907. The van der Waals surface area contributed by atoms with E-state index in [0.29, 0.717) is 12.6 Å². The van der Waals surface area contributed by atoms with E-state index >= 15 is 0 Å². The van der Waals surface area contributed by atoms with Gasteiger partial charge in [0.2, 0.25) is 5.96 Å². The number of rotatable bonds is 1. The number of nitrogens with two attached hydrogens (primary N) is 1. The summed E-state index contributed by atoms with van der Waals surface area (Å²) in [6, 6.07) is 17.7. The first-order chi connectivity index (χ1) is 10.4. The van der Waals surface area contributed by atoms with Gasteiger partial charge >= 0.3 is 0 Å². The zero-order valence-electron chi connectivity index (χ0n) is 11.7. The van der Waals surface area contributed by atoms with Gasteiger partial charge in [-0.2, -0.15) is 0 Å². The van der Waals surface area contributed by atoms with Crippen LogP contribution in [0.25, 0.3) is 0 Å². The molecule has 0 fully saturated rings. The average molecular weight is 282 g/mol. The van der Waals surface area contributed by atoms with Crippen LogP contribution in [0.1, 0.15) is 6.42 Å². The van der Waals surface area contributed by atoms with Crippen LogP contribution in [0.5, 0.6) is 5.75 Å². The van der Waals surface area contributed by atoms with E-state index < -0.39 is 0 Å². The Morgan fingerprint density at radius 1 is 1.10 bits per heavy atom. The van der Waals surface area contributed by atoms with Gasteiger partial charge in [-0.15, -0.1) is 0 Å². The molecule has 0 saturated heterocycles. The molecule has 0 aliphatic carbocycles. The minimum Gasteiger partial charge on any atom is -0.491 e. The molecule has 21 heavy (non-hydrogen) atoms. The Hall–Kier alpha value is -2.53. The van der Waals surface area contributed by atoms with Crippen molar-refractivity contribution >= 4 is 17.3 Å². The van der Waals surface area contributed by atoms with E-state index in [4.69, 9.17) is 10.6 Å². The van der Waals surface area contributed by atoms with Gasteiger partial charge in [0.15, 0.2) is 0 Å². The SMILES string of the molecule is NNC(=Nc1ccccc1)N1CCCOc2ccccc21. The molecular weight excluding hydrogens is 264 g/mol. The van der Waals surface area contributed by atoms with Crippen molar-refractivity contribution in [2.24, 2.45) is 10.8 Å². The number of hydrogen-bond acceptors (Lipinski definition) is 3. The van der Waals surface area contributed by atoms with Gasteiger partial charge in [0.1, 0.15) is 5.75 Å². The molecule has 0 saturated carbocycles. The van der Waals surface area contributed by atoms with Crippen molar-refractivity contribution in [3.63, 3.8) is 0 Å². The second kappa shape index (κ2) is 6.28. The van der Waals surface area contributed by atoms with Crippen LogP contribution in [0.4, 0.5) is 11.4 Å². The number of para-hydroxylation sites is 3. The first-order valence-electron chi connectivity index (χ1n) is 6.98. The van der Waals surface area contributed by atoms with Gasteiger partial charge in [0.05, 0.1) is 18.0 Å². The lowest BCUT2D eigenvalue weighted by molar-refractivity contribution is 0.322. The minimum atomic E-state index is 0.610. The Morgan fingerprint density at radius 2 is 1.86 bits per heavy atom. The number of hydrazine groups is 1. The van der Waals surface area contributed by atoms with E-state index in [-0.39, 0.29) is 0 Å². The maximum absolute atomic E-state index is 5.76. The quantitative estimate of drug-likeness (QED) is 0.365. The van der Waals surface area contributed by atoms with Gasteiger partial charge < -0.3 is 9.64 Å². The number of guanidine groups is 1. The van der Waals surface area contributed by atoms with E-state index in [1.54, 1.807) is 0 Å². The molecule has 108 valence electrons. The summed E-state index contributed by atoms with van der Waals surface area (Å²) in [6.45, 7) is 1.49. The highest BCUT2D eigenvalue weighted by Gasteiger charge is 2.19. The summed E-state index contributed by atoms with van der Waals surface area (Å²) in [4.78, 5) is 6.64. The van der Waals surface area contributed by atoms with Gasteiger partial charge in [0, 0.05) is 6.54 Å². The Balaban J connectivity index is 1.99. The van der Waals surface area contributed by atoms with Crippen LogP contribution in [0.3, 0.4) is 0 Å². The van der Waals surface area contributed by atoms with Crippen LogP contribution in [-0.4, -0.2) is 19.1 Å². The topological polar surface area (TPSA) is 62.9 Å². The molecule has 2 aromatic rings. The zero-order chi connectivity index (χ0) is 14.5. The summed E-state index contributed by atoms with van der Waals surface area (Å²) in [5.74, 6) is 7.16. The number of nitrogens with zero attached hydrogens (tertiary/aromatic N) is 2. The monoisotopic (exact) mass is 282 g/mol. The smallest absolute Gasteiger partial charge is 0.218 e. The molecule has 0 atom stereocenters. The Labute approximate surface area is 124 Å². The Kier molecular flexibility index (Phi) is 4.02. The summed E-state index contributed by atoms with van der Waals surface area (Å²) in [5, 5.41) is 0. The van der Waals surface area contributed by atoms with Crippen molar-refractivity contribution in [2.45, 2.75) is 6.42 Å². The van der Waals surface area contributed by atoms with Gasteiger partial charge in [-0.25, -0.2) is 10.8 Å². The van der Waals surface area contributed by atoms with Crippen LogP contribution in [-0.2, 0) is 0 Å². The lowest BCUT2D eigenvalue weighted by Gasteiger charge is -2.24. The molecule has 3 rings (SSSR count). The maximum atomic E-state index is 5.76. The zero-order valence-corrected chi connectivity index (χ0v) is 11.7. The molecule has 3 N–H and O–H groups in total. The van der Waals surface area contributed by atoms with Crippen molar-refractivity contribution in [1.82, 2.24) is 5.43 Å². The summed E-state index contributed by atoms with van der Waals surface area (Å²) in [5.41, 5.74) is 4.54. The number of nitrogens with one attached hydrogen (secondary N) is 1. The first kappa shape index (κ1) is 13.5. The molecule has 1 heterocycles. The van der Waals surface area contributed by atoms with Crippen LogP contribution in [0.15, 0.2) is 59.6 Å². The fourth-order valence-corrected chi connectivity index (χ4v) is 2.34. The molecule has 0 aromatic heterocycles. The second-order valence-electron chi connectivity index (χ2n) is 4.74. The van der Waals surface area contributed by atoms with Crippen molar-refractivity contribution < 1.29 is 4.74 Å². The highest BCUT2D eigenvalue weighted by molar-refractivity contribution is 5.98. The van der Waals surface area contributed by atoms with Gasteiger partial charge in [0.25, 0.3) is 0 Å². The number of hydrogen-bond donors (Lipinski definition) is 2. The molecule has 1 aliphatic heterocycles. The summed E-state index contributed by atoms with van der Waals surface area (Å²) >= 11 is 0. The number of aliphatic imine (C=N–C) groups is 1. The molecule has 0 spiro atoms. The van der Waals surface area contributed by atoms with Gasteiger partial charge in [-0.05, 0) is 30.7 Å². The third kappa shape index (κ3) is 2.98. The fourth-order valence-electron chi connectivity index (χ4n) is 2.34. The lowest BCUT2D eigenvalue weighted by Crippen LogP contribution is -2.45. The van der Waals surface area contributed by atoms with E-state index in [1.807, 2.05) is 54.6 Å². The maximum Gasteiger partial charge on any atom is 0.218 e. The first-order valence-corrected chi connectivity index (χ1v) is 6.98. The van der Waals surface area contributed by atoms with E-state index in [0.717, 1.165) is 30.1 Å². The molecule has 5 heteroatoms. The third-order valence-corrected chi connectivity index (χ3v) is 3.32. The molecule has 0 amide bonds. The molecule has 5 nitrogen and oxygen atoms in total. The minimum absolute atomic E-state index is 0.610. The molecule has 0 unspecified atom stereocenters. The Bertz CT molecular complexity index is 627. The summed E-state index contributed by atoms with van der Waals surface area (Å²) < 4.78 is 5.76. The van der Waals surface area contributed by atoms with Crippen molar-refractivity contribution in [2.75, 3.05) is 18.1 Å². The predicted molar refractivity (Wildman–Crippen MR) is 84.8 cm³/mol. The van der Waals surface area contributed by atoms with E-state index in [9.17, 15) is 0 Å². The van der Waals surface area contributed by atoms with Gasteiger partial charge in [-0.1, -0.05) is 30.3 Å². The van der Waals surface area contributed by atoms with Crippen LogP contribution >= 0.6 is 0 Å². The highest BCUT2D eigenvalue weighted by atomic mass is 16.5. The molecule has 0 radical (unpaired) electrons. The second-order valence-corrected chi connectivity index (χ2v) is 4.74. The normalized spacial score (nSPS) is 14.9. The fraction of sp³-hybridized carbons (Fsp3) is 0.188. The largest absolute Gasteiger partial charge is 0.491 e. The van der Waals surface area contributed by atoms with Crippen LogP contribution < -0.4 is 20.9 Å². The van der Waals surface area contributed by atoms with E-state index in [2.05, 4.69) is 15.3 Å². The standard InChI is InChI=1S/C16H18N4O/c17-19-16(18-13-7-2-1-3-8-13)20-11-6-12-21-15-10-5-4-9-14(15)20/h1-5,7-10H,6,11-12,17H2,(H,18,19). The van der Waals surface area contributed by atoms with Crippen molar-refractivity contribution in [3.05, 3.63) is 54.6 Å². The van der Waals surface area contributed by atoms with Crippen molar-refractivity contribution in [3.8, 4) is 5.75 Å². The Morgan fingerprint density at radius 3 is 2.67 bits per heavy atom. The average Bonchev–Trinajstić information content (AvgIpc) is 2.76. The van der Waals surface area contributed by atoms with E-state index in [1.165, 1.54) is 0 Å². The highest BCUT2D eigenvalue weighted by Crippen LogP contribution is 2.30. The number of ether oxygens (including phenoxy) is 1. The van der Waals surface area contributed by atoms with Crippen LogP contribution in [0, 0.1) is 0 Å². The molecule has 0 bridgehead atoms. The number of benzene rings is 2. The lowest BCUT2D eigenvalue weighted by atomic mass is 10.2. The van der Waals surface area contributed by atoms with Crippen molar-refractivity contribution in [1.29, 1.82) is 0 Å². The molecule has 2 aromatic carbocycles. The molecular formula is C16H18N4O. The van der Waals surface area contributed by atoms with Gasteiger partial charge in [-0.3, -0.25) is 5.43 Å². The molecule has 1 aliphatic rings. The third-order valence-electron chi connectivity index (χ3n) is 3.32. The number of anilines is 1. The number of fused-ring (bicyclic) bond motifs is 1. The summed E-state index contributed by atoms with van der Waals surface area (Å²) in [7, 11) is 0.